The third-order valence-corrected chi connectivity index (χ3v) is 4.09. The average molecular weight is 327 g/mol. The highest BCUT2D eigenvalue weighted by Crippen LogP contribution is 2.20. The Hall–Kier alpha value is -2.44. The van der Waals surface area contributed by atoms with E-state index in [0.29, 0.717) is 12.1 Å². The fourth-order valence-electron chi connectivity index (χ4n) is 2.80. The zero-order chi connectivity index (χ0) is 16.8. The predicted octanol–water partition coefficient (Wildman–Crippen LogP) is 1.10. The van der Waals surface area contributed by atoms with E-state index in [1.54, 1.807) is 12.3 Å². The third kappa shape index (κ3) is 3.90. The fraction of sp³-hybridized carbons (Fsp3) is 0.333. The number of nitrogens with zero attached hydrogens (tertiary/aromatic N) is 1. The minimum absolute atomic E-state index is 0.158. The minimum Gasteiger partial charge on any atom is -0.379 e. The van der Waals surface area contributed by atoms with Crippen LogP contribution in [0.2, 0.25) is 0 Å². The second-order valence-corrected chi connectivity index (χ2v) is 5.67. The van der Waals surface area contributed by atoms with Gasteiger partial charge < -0.3 is 15.0 Å². The normalized spacial score (nSPS) is 15.2. The van der Waals surface area contributed by atoms with E-state index in [-0.39, 0.29) is 17.0 Å². The van der Waals surface area contributed by atoms with Crippen molar-refractivity contribution in [3.63, 3.8) is 0 Å². The van der Waals surface area contributed by atoms with Gasteiger partial charge in [0.15, 0.2) is 0 Å². The quantitative estimate of drug-likeness (QED) is 0.862. The predicted molar refractivity (Wildman–Crippen MR) is 92.1 cm³/mol. The van der Waals surface area contributed by atoms with Crippen molar-refractivity contribution in [1.29, 1.82) is 0 Å². The minimum atomic E-state index is -0.375. The molecular weight excluding hydrogens is 306 g/mol. The molecular formula is C18H21N3O3. The number of nitrogens with one attached hydrogen (secondary N) is 2. The van der Waals surface area contributed by atoms with Gasteiger partial charge >= 0.3 is 0 Å². The van der Waals surface area contributed by atoms with Crippen LogP contribution in [0, 0.1) is 0 Å². The van der Waals surface area contributed by atoms with Crippen molar-refractivity contribution in [2.45, 2.75) is 0 Å². The van der Waals surface area contributed by atoms with Gasteiger partial charge in [-0.25, -0.2) is 0 Å². The number of carbonyl (C=O) groups excluding carboxylic acids is 1. The molecule has 0 spiro atoms. The lowest BCUT2D eigenvalue weighted by Gasteiger charge is -2.26. The summed E-state index contributed by atoms with van der Waals surface area (Å²) in [5, 5.41) is 2.86. The SMILES string of the molecule is O=C(NCCN1CCOCC1)c1c(-c2ccccc2)cc[nH]c1=O. The van der Waals surface area contributed by atoms with Crippen LogP contribution in [-0.2, 0) is 4.74 Å². The summed E-state index contributed by atoms with van der Waals surface area (Å²) >= 11 is 0. The largest absolute Gasteiger partial charge is 0.379 e. The van der Waals surface area contributed by atoms with Gasteiger partial charge in [-0.1, -0.05) is 30.3 Å². The van der Waals surface area contributed by atoms with E-state index in [1.807, 2.05) is 30.3 Å². The molecule has 1 fully saturated rings. The van der Waals surface area contributed by atoms with E-state index in [9.17, 15) is 9.59 Å². The van der Waals surface area contributed by atoms with Crippen LogP contribution >= 0.6 is 0 Å². The number of H-pyrrole nitrogens is 1. The topological polar surface area (TPSA) is 74.4 Å². The second-order valence-electron chi connectivity index (χ2n) is 5.67. The molecule has 1 aromatic carbocycles. The summed E-state index contributed by atoms with van der Waals surface area (Å²) in [6.07, 6.45) is 1.56. The Kier molecular flexibility index (Phi) is 5.40. The molecule has 1 aliphatic rings. The summed E-state index contributed by atoms with van der Waals surface area (Å²) in [4.78, 5) is 29.5. The van der Waals surface area contributed by atoms with Gasteiger partial charge in [0.05, 0.1) is 13.2 Å². The van der Waals surface area contributed by atoms with Crippen LogP contribution < -0.4 is 10.9 Å². The molecule has 0 radical (unpaired) electrons. The number of ether oxygens (including phenoxy) is 1. The molecule has 3 rings (SSSR count). The molecule has 0 unspecified atom stereocenters. The van der Waals surface area contributed by atoms with Crippen LogP contribution in [0.15, 0.2) is 47.4 Å². The summed E-state index contributed by atoms with van der Waals surface area (Å²) in [6, 6.07) is 11.2. The van der Waals surface area contributed by atoms with Gasteiger partial charge in [-0.15, -0.1) is 0 Å². The lowest BCUT2D eigenvalue weighted by molar-refractivity contribution is 0.0383. The Bertz CT molecular complexity index is 737. The Balaban J connectivity index is 1.71. The van der Waals surface area contributed by atoms with Gasteiger partial charge in [-0.3, -0.25) is 14.5 Å². The molecule has 0 atom stereocenters. The number of rotatable bonds is 5. The summed E-state index contributed by atoms with van der Waals surface area (Å²) in [7, 11) is 0. The maximum absolute atomic E-state index is 12.5. The molecule has 6 heteroatoms. The molecule has 126 valence electrons. The van der Waals surface area contributed by atoms with Gasteiger partial charge in [0.1, 0.15) is 5.56 Å². The summed E-state index contributed by atoms with van der Waals surface area (Å²) in [5.41, 5.74) is 1.27. The Labute approximate surface area is 140 Å². The summed E-state index contributed by atoms with van der Waals surface area (Å²) in [6.45, 7) is 4.45. The average Bonchev–Trinajstić information content (AvgIpc) is 2.63. The number of carbonyl (C=O) groups is 1. The lowest BCUT2D eigenvalue weighted by Crippen LogP contribution is -2.42. The van der Waals surface area contributed by atoms with Crippen molar-refractivity contribution in [3.8, 4) is 11.1 Å². The number of pyridine rings is 1. The number of morpholine rings is 1. The van der Waals surface area contributed by atoms with Gasteiger partial charge in [0.25, 0.3) is 11.5 Å². The number of amides is 1. The Morgan fingerprint density at radius 3 is 2.67 bits per heavy atom. The molecule has 2 aromatic rings. The second kappa shape index (κ2) is 7.90. The smallest absolute Gasteiger partial charge is 0.261 e. The molecule has 2 N–H and O–H groups in total. The fourth-order valence-corrected chi connectivity index (χ4v) is 2.80. The van der Waals surface area contributed by atoms with E-state index in [1.165, 1.54) is 0 Å². The number of hydrogen-bond donors (Lipinski definition) is 2. The van der Waals surface area contributed by atoms with Crippen LogP contribution in [0.25, 0.3) is 11.1 Å². The maximum Gasteiger partial charge on any atom is 0.261 e. The van der Waals surface area contributed by atoms with Crippen LogP contribution in [0.1, 0.15) is 10.4 Å². The highest BCUT2D eigenvalue weighted by Gasteiger charge is 2.17. The standard InChI is InChI=1S/C18H21N3O3/c22-17-16(15(6-7-19-17)14-4-2-1-3-5-14)18(23)20-8-9-21-10-12-24-13-11-21/h1-7H,8-13H2,(H,19,22)(H,20,23). The van der Waals surface area contributed by atoms with E-state index in [4.69, 9.17) is 4.74 Å². The lowest BCUT2D eigenvalue weighted by atomic mass is 10.0. The molecule has 6 nitrogen and oxygen atoms in total. The van der Waals surface area contributed by atoms with Crippen molar-refractivity contribution in [2.24, 2.45) is 0 Å². The first-order valence-corrected chi connectivity index (χ1v) is 8.11. The van der Waals surface area contributed by atoms with Gasteiger partial charge in [0.2, 0.25) is 0 Å². The van der Waals surface area contributed by atoms with Gasteiger partial charge in [0, 0.05) is 37.9 Å². The van der Waals surface area contributed by atoms with Crippen molar-refractivity contribution in [3.05, 3.63) is 58.5 Å². The number of aromatic amines is 1. The molecule has 0 saturated carbocycles. The Morgan fingerprint density at radius 1 is 1.17 bits per heavy atom. The molecule has 24 heavy (non-hydrogen) atoms. The zero-order valence-corrected chi connectivity index (χ0v) is 13.5. The van der Waals surface area contributed by atoms with E-state index in [0.717, 1.165) is 38.4 Å². The molecule has 1 aromatic heterocycles. The highest BCUT2D eigenvalue weighted by atomic mass is 16.5. The monoisotopic (exact) mass is 327 g/mol. The van der Waals surface area contributed by atoms with E-state index >= 15 is 0 Å². The highest BCUT2D eigenvalue weighted by molar-refractivity contribution is 6.00. The number of hydrogen-bond acceptors (Lipinski definition) is 4. The molecule has 0 bridgehead atoms. The molecule has 1 saturated heterocycles. The van der Waals surface area contributed by atoms with Crippen LogP contribution in [0.3, 0.4) is 0 Å². The molecule has 1 amide bonds. The van der Waals surface area contributed by atoms with Gasteiger partial charge in [-0.2, -0.15) is 0 Å². The van der Waals surface area contributed by atoms with E-state index in [2.05, 4.69) is 15.2 Å². The number of benzene rings is 1. The maximum atomic E-state index is 12.5. The van der Waals surface area contributed by atoms with Gasteiger partial charge in [-0.05, 0) is 11.6 Å². The van der Waals surface area contributed by atoms with Crippen molar-refractivity contribution >= 4 is 5.91 Å². The van der Waals surface area contributed by atoms with Crippen LogP contribution in [0.5, 0.6) is 0 Å². The first kappa shape index (κ1) is 16.4. The van der Waals surface area contributed by atoms with Crippen molar-refractivity contribution in [2.75, 3.05) is 39.4 Å². The summed E-state index contributed by atoms with van der Waals surface area (Å²) < 4.78 is 5.30. The molecule has 2 heterocycles. The third-order valence-electron chi connectivity index (χ3n) is 4.09. The first-order chi connectivity index (χ1) is 11.8. The van der Waals surface area contributed by atoms with E-state index < -0.39 is 0 Å². The van der Waals surface area contributed by atoms with Crippen molar-refractivity contribution < 1.29 is 9.53 Å². The summed E-state index contributed by atoms with van der Waals surface area (Å²) in [5.74, 6) is -0.344. The molecule has 1 aliphatic heterocycles. The Morgan fingerprint density at radius 2 is 1.92 bits per heavy atom. The van der Waals surface area contributed by atoms with Crippen molar-refractivity contribution in [1.82, 2.24) is 15.2 Å². The first-order valence-electron chi connectivity index (χ1n) is 8.11. The van der Waals surface area contributed by atoms with Crippen LogP contribution in [0.4, 0.5) is 0 Å². The molecule has 0 aliphatic carbocycles. The van der Waals surface area contributed by atoms with Crippen LogP contribution in [-0.4, -0.2) is 55.2 Å². The zero-order valence-electron chi connectivity index (χ0n) is 13.5. The number of aromatic nitrogens is 1.